The lowest BCUT2D eigenvalue weighted by Gasteiger charge is -2.11. The second-order valence-electron chi connectivity index (χ2n) is 1.77. The van der Waals surface area contributed by atoms with Crippen molar-refractivity contribution in [2.24, 2.45) is 0 Å². The summed E-state index contributed by atoms with van der Waals surface area (Å²) < 4.78 is 24.3. The third kappa shape index (κ3) is 4.60. The second-order valence-corrected chi connectivity index (χ2v) is 2.04. The van der Waals surface area contributed by atoms with Crippen molar-refractivity contribution in [3.05, 3.63) is 0 Å². The maximum atomic E-state index is 12.1. The SMILES string of the molecule is CCNCC(F)(F)CCl. The highest BCUT2D eigenvalue weighted by molar-refractivity contribution is 6.18. The lowest BCUT2D eigenvalue weighted by molar-refractivity contribution is 0.0271. The Hall–Kier alpha value is 0.110. The molecular formula is C5H10ClF2N. The summed E-state index contributed by atoms with van der Waals surface area (Å²) in [4.78, 5) is 0. The molecule has 0 radical (unpaired) electrons. The zero-order valence-corrected chi connectivity index (χ0v) is 6.01. The first kappa shape index (κ1) is 9.11. The van der Waals surface area contributed by atoms with Crippen LogP contribution in [0.1, 0.15) is 6.92 Å². The van der Waals surface area contributed by atoms with E-state index >= 15 is 0 Å². The zero-order chi connectivity index (χ0) is 7.33. The van der Waals surface area contributed by atoms with Crippen molar-refractivity contribution in [3.8, 4) is 0 Å². The van der Waals surface area contributed by atoms with Gasteiger partial charge in [0.15, 0.2) is 0 Å². The van der Waals surface area contributed by atoms with E-state index in [9.17, 15) is 8.78 Å². The molecule has 0 rings (SSSR count). The van der Waals surface area contributed by atoms with Crippen LogP contribution in [0.2, 0.25) is 0 Å². The Balaban J connectivity index is 3.33. The van der Waals surface area contributed by atoms with Gasteiger partial charge >= 0.3 is 0 Å². The van der Waals surface area contributed by atoms with Gasteiger partial charge < -0.3 is 5.32 Å². The molecule has 0 aromatic heterocycles. The lowest BCUT2D eigenvalue weighted by Crippen LogP contribution is -2.33. The van der Waals surface area contributed by atoms with E-state index in [1.54, 1.807) is 6.92 Å². The van der Waals surface area contributed by atoms with E-state index in [1.807, 2.05) is 0 Å². The van der Waals surface area contributed by atoms with Crippen molar-refractivity contribution in [1.29, 1.82) is 0 Å². The molecule has 0 atom stereocenters. The number of nitrogens with one attached hydrogen (secondary N) is 1. The second kappa shape index (κ2) is 4.01. The highest BCUT2D eigenvalue weighted by Gasteiger charge is 2.25. The van der Waals surface area contributed by atoms with E-state index in [0.717, 1.165) is 0 Å². The molecule has 56 valence electrons. The molecule has 4 heteroatoms. The van der Waals surface area contributed by atoms with Crippen molar-refractivity contribution in [2.45, 2.75) is 12.8 Å². The van der Waals surface area contributed by atoms with Crippen molar-refractivity contribution >= 4 is 11.6 Å². The summed E-state index contributed by atoms with van der Waals surface area (Å²) in [5.74, 6) is -3.36. The average Bonchev–Trinajstić information content (AvgIpc) is 1.84. The predicted octanol–water partition coefficient (Wildman–Crippen LogP) is 1.47. The standard InChI is InChI=1S/C5H10ClF2N/c1-2-9-4-5(7,8)3-6/h9H,2-4H2,1H3. The monoisotopic (exact) mass is 157 g/mol. The third-order valence-electron chi connectivity index (χ3n) is 0.829. The minimum Gasteiger partial charge on any atom is -0.311 e. The van der Waals surface area contributed by atoms with Gasteiger partial charge in [0.05, 0.1) is 12.4 Å². The Morgan fingerprint density at radius 3 is 2.44 bits per heavy atom. The maximum absolute atomic E-state index is 12.1. The highest BCUT2D eigenvalue weighted by Crippen LogP contribution is 2.12. The van der Waals surface area contributed by atoms with Gasteiger partial charge in [-0.2, -0.15) is 0 Å². The molecule has 0 aliphatic rings. The van der Waals surface area contributed by atoms with Gasteiger partial charge in [0.2, 0.25) is 0 Å². The Morgan fingerprint density at radius 2 is 2.11 bits per heavy atom. The lowest BCUT2D eigenvalue weighted by atomic mass is 10.4. The summed E-state index contributed by atoms with van der Waals surface area (Å²) in [5, 5.41) is 2.50. The number of rotatable bonds is 4. The molecule has 0 aromatic carbocycles. The van der Waals surface area contributed by atoms with Crippen LogP contribution in [0, 0.1) is 0 Å². The van der Waals surface area contributed by atoms with E-state index < -0.39 is 11.8 Å². The summed E-state index contributed by atoms with van der Waals surface area (Å²) in [6.07, 6.45) is 0. The molecule has 0 unspecified atom stereocenters. The summed E-state index contributed by atoms with van der Waals surface area (Å²) >= 11 is 4.94. The number of hydrogen-bond acceptors (Lipinski definition) is 1. The van der Waals surface area contributed by atoms with Crippen LogP contribution in [0.3, 0.4) is 0 Å². The van der Waals surface area contributed by atoms with E-state index in [0.29, 0.717) is 6.54 Å². The minimum absolute atomic E-state index is 0.326. The molecule has 9 heavy (non-hydrogen) atoms. The average molecular weight is 158 g/mol. The van der Waals surface area contributed by atoms with Crippen LogP contribution in [0.15, 0.2) is 0 Å². The van der Waals surface area contributed by atoms with Crippen LogP contribution in [-0.2, 0) is 0 Å². The van der Waals surface area contributed by atoms with E-state index in [2.05, 4.69) is 5.32 Å². The molecular weight excluding hydrogens is 148 g/mol. The number of halogens is 3. The molecule has 1 N–H and O–H groups in total. The van der Waals surface area contributed by atoms with E-state index in [1.165, 1.54) is 0 Å². The quantitative estimate of drug-likeness (QED) is 0.610. The molecule has 0 aliphatic carbocycles. The Kier molecular flexibility index (Phi) is 4.06. The number of alkyl halides is 3. The molecule has 0 amide bonds. The third-order valence-corrected chi connectivity index (χ3v) is 1.22. The van der Waals surface area contributed by atoms with Gasteiger partial charge in [0.25, 0.3) is 5.92 Å². The minimum atomic E-state index is -2.75. The van der Waals surface area contributed by atoms with Gasteiger partial charge in [0, 0.05) is 0 Å². The molecule has 0 aromatic rings. The summed E-state index contributed by atoms with van der Waals surface area (Å²) in [6, 6.07) is 0. The normalized spacial score (nSPS) is 12.0. The maximum Gasteiger partial charge on any atom is 0.273 e. The van der Waals surface area contributed by atoms with Gasteiger partial charge in [-0.05, 0) is 6.54 Å². The first-order valence-electron chi connectivity index (χ1n) is 2.77. The fourth-order valence-electron chi connectivity index (χ4n) is 0.355. The van der Waals surface area contributed by atoms with Crippen molar-refractivity contribution in [2.75, 3.05) is 19.0 Å². The molecule has 0 fully saturated rings. The summed E-state index contributed by atoms with van der Waals surface area (Å²) in [6.45, 7) is 1.99. The van der Waals surface area contributed by atoms with Crippen molar-refractivity contribution in [1.82, 2.24) is 5.32 Å². The Morgan fingerprint density at radius 1 is 1.56 bits per heavy atom. The molecule has 0 aliphatic heterocycles. The van der Waals surface area contributed by atoms with Crippen LogP contribution in [0.4, 0.5) is 8.78 Å². The molecule has 0 spiro atoms. The zero-order valence-electron chi connectivity index (χ0n) is 5.26. The smallest absolute Gasteiger partial charge is 0.273 e. The van der Waals surface area contributed by atoms with Crippen LogP contribution in [-0.4, -0.2) is 24.9 Å². The first-order chi connectivity index (χ1) is 4.12. The van der Waals surface area contributed by atoms with E-state index in [4.69, 9.17) is 11.6 Å². The van der Waals surface area contributed by atoms with Crippen LogP contribution in [0.25, 0.3) is 0 Å². The topological polar surface area (TPSA) is 12.0 Å². The fourth-order valence-corrected chi connectivity index (χ4v) is 0.450. The van der Waals surface area contributed by atoms with Crippen LogP contribution < -0.4 is 5.32 Å². The van der Waals surface area contributed by atoms with E-state index in [-0.39, 0.29) is 6.54 Å². The van der Waals surface area contributed by atoms with Crippen molar-refractivity contribution in [3.63, 3.8) is 0 Å². The molecule has 0 heterocycles. The fraction of sp³-hybridized carbons (Fsp3) is 1.00. The van der Waals surface area contributed by atoms with Crippen LogP contribution >= 0.6 is 11.6 Å². The summed E-state index contributed by atoms with van der Waals surface area (Å²) in [5.41, 5.74) is 0. The van der Waals surface area contributed by atoms with Gasteiger partial charge in [-0.15, -0.1) is 11.6 Å². The molecule has 0 saturated carbocycles. The van der Waals surface area contributed by atoms with Gasteiger partial charge in [-0.25, -0.2) is 8.78 Å². The molecule has 0 saturated heterocycles. The van der Waals surface area contributed by atoms with Gasteiger partial charge in [-0.3, -0.25) is 0 Å². The highest BCUT2D eigenvalue weighted by atomic mass is 35.5. The largest absolute Gasteiger partial charge is 0.311 e. The number of hydrogen-bond donors (Lipinski definition) is 1. The predicted molar refractivity (Wildman–Crippen MR) is 34.2 cm³/mol. The Bertz CT molecular complexity index is 77.4. The van der Waals surface area contributed by atoms with Crippen molar-refractivity contribution < 1.29 is 8.78 Å². The van der Waals surface area contributed by atoms with Gasteiger partial charge in [0.1, 0.15) is 0 Å². The molecule has 1 nitrogen and oxygen atoms in total. The van der Waals surface area contributed by atoms with Crippen LogP contribution in [0.5, 0.6) is 0 Å². The molecule has 0 bridgehead atoms. The first-order valence-corrected chi connectivity index (χ1v) is 3.30. The summed E-state index contributed by atoms with van der Waals surface area (Å²) in [7, 11) is 0. The van der Waals surface area contributed by atoms with Gasteiger partial charge in [-0.1, -0.05) is 6.92 Å². The Labute approximate surface area is 58.4 Å².